The second kappa shape index (κ2) is 3.95. The molecule has 0 unspecified atom stereocenters. The molecule has 2 aliphatic rings. The molecule has 76 valence electrons. The summed E-state index contributed by atoms with van der Waals surface area (Å²) in [5.74, 6) is 0. The molecular formula is C10H20N2O. The summed E-state index contributed by atoms with van der Waals surface area (Å²) < 4.78 is 5.30. The van der Waals surface area contributed by atoms with Crippen molar-refractivity contribution in [3.05, 3.63) is 0 Å². The van der Waals surface area contributed by atoms with Crippen LogP contribution in [-0.4, -0.2) is 51.3 Å². The molecule has 1 spiro atoms. The Labute approximate surface area is 80.4 Å². The van der Waals surface area contributed by atoms with Crippen molar-refractivity contribution >= 4 is 0 Å². The minimum Gasteiger partial charge on any atom is -0.380 e. The maximum Gasteiger partial charge on any atom is 0.0545 e. The van der Waals surface area contributed by atoms with Crippen LogP contribution < -0.4 is 5.32 Å². The lowest BCUT2D eigenvalue weighted by Crippen LogP contribution is -2.51. The first-order valence-corrected chi connectivity index (χ1v) is 5.29. The van der Waals surface area contributed by atoms with E-state index in [1.807, 2.05) is 7.05 Å². The molecule has 3 heteroatoms. The fraction of sp³-hybridized carbons (Fsp3) is 1.00. The lowest BCUT2D eigenvalue weighted by atomic mass is 9.77. The summed E-state index contributed by atoms with van der Waals surface area (Å²) in [5.41, 5.74) is 0.593. The summed E-state index contributed by atoms with van der Waals surface area (Å²) in [7, 11) is 2.02. The van der Waals surface area contributed by atoms with Gasteiger partial charge in [-0.1, -0.05) is 0 Å². The van der Waals surface area contributed by atoms with Crippen LogP contribution in [0, 0.1) is 5.41 Å². The highest BCUT2D eigenvalue weighted by Crippen LogP contribution is 2.38. The molecule has 0 aromatic carbocycles. The van der Waals surface area contributed by atoms with Gasteiger partial charge in [0, 0.05) is 18.5 Å². The van der Waals surface area contributed by atoms with Gasteiger partial charge in [-0.3, -0.25) is 0 Å². The zero-order valence-corrected chi connectivity index (χ0v) is 8.51. The maximum absolute atomic E-state index is 5.30. The monoisotopic (exact) mass is 184 g/mol. The van der Waals surface area contributed by atoms with E-state index in [1.54, 1.807) is 0 Å². The van der Waals surface area contributed by atoms with Crippen molar-refractivity contribution in [2.24, 2.45) is 5.41 Å². The van der Waals surface area contributed by atoms with Crippen molar-refractivity contribution in [2.45, 2.75) is 12.8 Å². The van der Waals surface area contributed by atoms with E-state index in [4.69, 9.17) is 4.74 Å². The summed E-state index contributed by atoms with van der Waals surface area (Å²) in [4.78, 5) is 2.56. The standard InChI is InChI=1S/C10H20N2O/c1-11-4-7-12-5-2-10(3-6-12)8-13-9-10/h11H,2-9H2,1H3. The van der Waals surface area contributed by atoms with E-state index >= 15 is 0 Å². The number of hydrogen-bond acceptors (Lipinski definition) is 3. The zero-order chi connectivity index (χ0) is 9.15. The lowest BCUT2D eigenvalue weighted by molar-refractivity contribution is -0.139. The van der Waals surface area contributed by atoms with E-state index < -0.39 is 0 Å². The molecule has 0 aromatic rings. The molecule has 0 amide bonds. The first-order valence-electron chi connectivity index (χ1n) is 5.29. The Balaban J connectivity index is 1.70. The number of piperidine rings is 1. The number of likely N-dealkylation sites (N-methyl/N-ethyl adjacent to an activating group) is 1. The van der Waals surface area contributed by atoms with E-state index in [1.165, 1.54) is 32.5 Å². The number of nitrogens with one attached hydrogen (secondary N) is 1. The van der Waals surface area contributed by atoms with Gasteiger partial charge in [0.2, 0.25) is 0 Å². The molecule has 3 nitrogen and oxygen atoms in total. The lowest BCUT2D eigenvalue weighted by Gasteiger charge is -2.47. The number of ether oxygens (including phenoxy) is 1. The van der Waals surface area contributed by atoms with Crippen molar-refractivity contribution in [1.29, 1.82) is 0 Å². The number of hydrogen-bond donors (Lipinski definition) is 1. The molecule has 2 saturated heterocycles. The summed E-state index contributed by atoms with van der Waals surface area (Å²) in [6, 6.07) is 0. The van der Waals surface area contributed by atoms with Crippen LogP contribution in [0.3, 0.4) is 0 Å². The molecule has 2 fully saturated rings. The average Bonchev–Trinajstić information content (AvgIpc) is 2.13. The van der Waals surface area contributed by atoms with Crippen LogP contribution in [-0.2, 0) is 4.74 Å². The molecular weight excluding hydrogens is 164 g/mol. The second-order valence-corrected chi connectivity index (χ2v) is 4.44. The van der Waals surface area contributed by atoms with Crippen molar-refractivity contribution < 1.29 is 4.74 Å². The third-order valence-corrected chi connectivity index (χ3v) is 3.41. The highest BCUT2D eigenvalue weighted by Gasteiger charge is 2.40. The molecule has 0 aromatic heterocycles. The smallest absolute Gasteiger partial charge is 0.0545 e. The molecule has 13 heavy (non-hydrogen) atoms. The number of nitrogens with zero attached hydrogens (tertiary/aromatic N) is 1. The highest BCUT2D eigenvalue weighted by molar-refractivity contribution is 4.90. The summed E-state index contributed by atoms with van der Waals surface area (Å²) >= 11 is 0. The second-order valence-electron chi connectivity index (χ2n) is 4.44. The van der Waals surface area contributed by atoms with Gasteiger partial charge in [-0.25, -0.2) is 0 Å². The van der Waals surface area contributed by atoms with Gasteiger partial charge in [0.05, 0.1) is 13.2 Å². The van der Waals surface area contributed by atoms with Crippen molar-refractivity contribution in [1.82, 2.24) is 10.2 Å². The van der Waals surface area contributed by atoms with Gasteiger partial charge in [0.1, 0.15) is 0 Å². The average molecular weight is 184 g/mol. The first kappa shape index (κ1) is 9.44. The predicted molar refractivity (Wildman–Crippen MR) is 52.9 cm³/mol. The molecule has 1 N–H and O–H groups in total. The van der Waals surface area contributed by atoms with Gasteiger partial charge in [0.25, 0.3) is 0 Å². The van der Waals surface area contributed by atoms with Crippen molar-refractivity contribution in [2.75, 3.05) is 46.4 Å². The molecule has 0 saturated carbocycles. The Hall–Kier alpha value is -0.120. The minimum atomic E-state index is 0.593. The predicted octanol–water partition coefficient (Wildman–Crippen LogP) is 0.318. The van der Waals surface area contributed by atoms with E-state index in [9.17, 15) is 0 Å². The normalized spacial score (nSPS) is 27.5. The van der Waals surface area contributed by atoms with Crippen LogP contribution in [0.15, 0.2) is 0 Å². The SMILES string of the molecule is CNCCN1CCC2(CC1)COC2. The van der Waals surface area contributed by atoms with Crippen LogP contribution in [0.2, 0.25) is 0 Å². The van der Waals surface area contributed by atoms with Crippen LogP contribution in [0.1, 0.15) is 12.8 Å². The Morgan fingerprint density at radius 3 is 2.46 bits per heavy atom. The van der Waals surface area contributed by atoms with Crippen LogP contribution >= 0.6 is 0 Å². The zero-order valence-electron chi connectivity index (χ0n) is 8.51. The topological polar surface area (TPSA) is 24.5 Å². The molecule has 2 rings (SSSR count). The Morgan fingerprint density at radius 1 is 1.31 bits per heavy atom. The number of likely N-dealkylation sites (tertiary alicyclic amines) is 1. The molecule has 0 atom stereocenters. The van der Waals surface area contributed by atoms with E-state index in [-0.39, 0.29) is 0 Å². The minimum absolute atomic E-state index is 0.593. The van der Waals surface area contributed by atoms with Crippen molar-refractivity contribution in [3.8, 4) is 0 Å². The summed E-state index contributed by atoms with van der Waals surface area (Å²) in [6.07, 6.45) is 2.69. The highest BCUT2D eigenvalue weighted by atomic mass is 16.5. The van der Waals surface area contributed by atoms with Crippen molar-refractivity contribution in [3.63, 3.8) is 0 Å². The Bertz CT molecular complexity index is 158. The fourth-order valence-corrected chi connectivity index (χ4v) is 2.20. The van der Waals surface area contributed by atoms with E-state index in [0.29, 0.717) is 5.41 Å². The van der Waals surface area contributed by atoms with E-state index in [0.717, 1.165) is 19.8 Å². The first-order chi connectivity index (χ1) is 6.35. The molecule has 0 bridgehead atoms. The summed E-state index contributed by atoms with van der Waals surface area (Å²) in [6.45, 7) is 6.90. The third kappa shape index (κ3) is 2.03. The van der Waals surface area contributed by atoms with Gasteiger partial charge in [-0.05, 0) is 33.0 Å². The van der Waals surface area contributed by atoms with Gasteiger partial charge in [-0.15, -0.1) is 0 Å². The molecule has 0 aliphatic carbocycles. The third-order valence-electron chi connectivity index (χ3n) is 3.41. The molecule has 2 heterocycles. The Morgan fingerprint density at radius 2 is 2.00 bits per heavy atom. The Kier molecular flexibility index (Phi) is 2.86. The van der Waals surface area contributed by atoms with E-state index in [2.05, 4.69) is 10.2 Å². The summed E-state index contributed by atoms with van der Waals surface area (Å²) in [5, 5.41) is 3.20. The van der Waals surface area contributed by atoms with Crippen LogP contribution in [0.5, 0.6) is 0 Å². The largest absolute Gasteiger partial charge is 0.380 e. The van der Waals surface area contributed by atoms with Crippen LogP contribution in [0.4, 0.5) is 0 Å². The molecule has 0 radical (unpaired) electrons. The van der Waals surface area contributed by atoms with Gasteiger partial charge < -0.3 is 15.0 Å². The van der Waals surface area contributed by atoms with Crippen LogP contribution in [0.25, 0.3) is 0 Å². The van der Waals surface area contributed by atoms with Gasteiger partial charge >= 0.3 is 0 Å². The van der Waals surface area contributed by atoms with Gasteiger partial charge in [-0.2, -0.15) is 0 Å². The number of rotatable bonds is 3. The quantitative estimate of drug-likeness (QED) is 0.683. The maximum atomic E-state index is 5.30. The fourth-order valence-electron chi connectivity index (χ4n) is 2.20. The van der Waals surface area contributed by atoms with Gasteiger partial charge in [0.15, 0.2) is 0 Å². The molecule has 2 aliphatic heterocycles.